The van der Waals surface area contributed by atoms with Crippen LogP contribution in [0.2, 0.25) is 0 Å². The Balaban J connectivity index is 2.95. The second-order valence-corrected chi connectivity index (χ2v) is 2.99. The second-order valence-electron chi connectivity index (χ2n) is 2.99. The Bertz CT molecular complexity index is 294. The van der Waals surface area contributed by atoms with Gasteiger partial charge in [0.05, 0.1) is 13.2 Å². The summed E-state index contributed by atoms with van der Waals surface area (Å²) in [5.74, 6) is 0.862. The maximum Gasteiger partial charge on any atom is 0.124 e. The molecule has 0 saturated carbocycles. The molecule has 0 saturated heterocycles. The zero-order chi connectivity index (χ0) is 10.4. The van der Waals surface area contributed by atoms with Crippen LogP contribution in [0.1, 0.15) is 18.1 Å². The first-order valence-corrected chi connectivity index (χ1v) is 4.60. The van der Waals surface area contributed by atoms with Gasteiger partial charge in [-0.1, -0.05) is 24.3 Å². The molecule has 0 aliphatic carbocycles. The van der Waals surface area contributed by atoms with Gasteiger partial charge in [0.25, 0.3) is 0 Å². The summed E-state index contributed by atoms with van der Waals surface area (Å²) >= 11 is 0. The molecule has 0 aliphatic heterocycles. The fourth-order valence-corrected chi connectivity index (χ4v) is 1.43. The summed E-state index contributed by atoms with van der Waals surface area (Å²) in [6, 6.07) is 7.87. The van der Waals surface area contributed by atoms with Crippen molar-refractivity contribution in [3.8, 4) is 5.75 Å². The minimum absolute atomic E-state index is 0.0312. The predicted octanol–water partition coefficient (Wildman–Crippen LogP) is 2.96. The van der Waals surface area contributed by atoms with Gasteiger partial charge in [-0.25, -0.2) is 0 Å². The summed E-state index contributed by atoms with van der Waals surface area (Å²) in [4.78, 5) is 0. The van der Waals surface area contributed by atoms with Crippen molar-refractivity contribution >= 4 is 0 Å². The Hall–Kier alpha value is -1.28. The van der Waals surface area contributed by atoms with Crippen LogP contribution in [0, 0.1) is 0 Å². The summed E-state index contributed by atoms with van der Waals surface area (Å²) in [6.07, 6.45) is 2.67. The summed E-state index contributed by atoms with van der Waals surface area (Å²) < 4.78 is 10.6. The van der Waals surface area contributed by atoms with Gasteiger partial charge in [0.2, 0.25) is 0 Å². The molecular weight excluding hydrogens is 176 g/mol. The smallest absolute Gasteiger partial charge is 0.124 e. The summed E-state index contributed by atoms with van der Waals surface area (Å²) in [7, 11) is 3.36. The van der Waals surface area contributed by atoms with Crippen LogP contribution in [0.3, 0.4) is 0 Å². The molecule has 2 heteroatoms. The molecule has 0 heterocycles. The number of methoxy groups -OCH3 is 2. The number of para-hydroxylation sites is 1. The van der Waals surface area contributed by atoms with Crippen molar-refractivity contribution in [3.63, 3.8) is 0 Å². The lowest BCUT2D eigenvalue weighted by Crippen LogP contribution is -2.02. The van der Waals surface area contributed by atoms with E-state index in [2.05, 4.69) is 6.58 Å². The Morgan fingerprint density at radius 3 is 2.64 bits per heavy atom. The van der Waals surface area contributed by atoms with Crippen LogP contribution in [0.25, 0.3) is 0 Å². The quantitative estimate of drug-likeness (QED) is 0.668. The van der Waals surface area contributed by atoms with Gasteiger partial charge in [-0.3, -0.25) is 0 Å². The van der Waals surface area contributed by atoms with Gasteiger partial charge in [0, 0.05) is 12.7 Å². The monoisotopic (exact) mass is 192 g/mol. The molecule has 0 aromatic heterocycles. The third-order valence-electron chi connectivity index (χ3n) is 2.15. The zero-order valence-electron chi connectivity index (χ0n) is 8.69. The Kier molecular flexibility index (Phi) is 4.20. The number of rotatable bonds is 5. The minimum Gasteiger partial charge on any atom is -0.496 e. The van der Waals surface area contributed by atoms with Crippen molar-refractivity contribution in [2.24, 2.45) is 0 Å². The molecule has 76 valence electrons. The summed E-state index contributed by atoms with van der Waals surface area (Å²) in [5.41, 5.74) is 1.07. The number of benzene rings is 1. The first-order valence-electron chi connectivity index (χ1n) is 4.60. The highest BCUT2D eigenvalue weighted by molar-refractivity contribution is 5.35. The van der Waals surface area contributed by atoms with E-state index in [0.717, 1.165) is 17.7 Å². The molecule has 0 amide bonds. The number of hydrogen-bond donors (Lipinski definition) is 0. The molecule has 0 spiro atoms. The van der Waals surface area contributed by atoms with E-state index in [0.29, 0.717) is 0 Å². The first kappa shape index (κ1) is 10.8. The summed E-state index contributed by atoms with van der Waals surface area (Å²) in [5, 5.41) is 0. The van der Waals surface area contributed by atoms with Gasteiger partial charge in [0.15, 0.2) is 0 Å². The van der Waals surface area contributed by atoms with Crippen LogP contribution in [-0.2, 0) is 4.74 Å². The lowest BCUT2D eigenvalue weighted by Gasteiger charge is -2.16. The van der Waals surface area contributed by atoms with Crippen LogP contribution >= 0.6 is 0 Å². The average Bonchev–Trinajstić information content (AvgIpc) is 2.26. The molecule has 1 rings (SSSR count). The molecule has 2 nitrogen and oxygen atoms in total. The minimum atomic E-state index is 0.0312. The molecule has 14 heavy (non-hydrogen) atoms. The maximum atomic E-state index is 5.37. The maximum absolute atomic E-state index is 5.37. The van der Waals surface area contributed by atoms with Crippen LogP contribution in [0.4, 0.5) is 0 Å². The van der Waals surface area contributed by atoms with Crippen molar-refractivity contribution in [3.05, 3.63) is 42.5 Å². The van der Waals surface area contributed by atoms with E-state index in [1.54, 1.807) is 14.2 Å². The predicted molar refractivity (Wildman–Crippen MR) is 57.6 cm³/mol. The van der Waals surface area contributed by atoms with E-state index in [4.69, 9.17) is 9.47 Å². The van der Waals surface area contributed by atoms with Crippen molar-refractivity contribution in [1.82, 2.24) is 0 Å². The molecule has 1 aromatic carbocycles. The third kappa shape index (κ3) is 2.36. The highest BCUT2D eigenvalue weighted by Crippen LogP contribution is 2.29. The molecule has 0 N–H and O–H groups in total. The number of hydrogen-bond acceptors (Lipinski definition) is 2. The standard InChI is InChI=1S/C12H16O2/c1-4-7-11(13-2)10-8-5-6-9-12(10)14-3/h4-6,8-9,11H,1,7H2,2-3H3. The van der Waals surface area contributed by atoms with E-state index >= 15 is 0 Å². The van der Waals surface area contributed by atoms with Gasteiger partial charge in [-0.05, 0) is 12.5 Å². The normalized spacial score (nSPS) is 12.1. The van der Waals surface area contributed by atoms with Gasteiger partial charge in [0.1, 0.15) is 5.75 Å². The van der Waals surface area contributed by atoms with E-state index in [1.165, 1.54) is 0 Å². The van der Waals surface area contributed by atoms with Gasteiger partial charge < -0.3 is 9.47 Å². The topological polar surface area (TPSA) is 18.5 Å². The van der Waals surface area contributed by atoms with Gasteiger partial charge >= 0.3 is 0 Å². The van der Waals surface area contributed by atoms with Crippen LogP contribution in [0.5, 0.6) is 5.75 Å². The molecule has 0 fully saturated rings. The van der Waals surface area contributed by atoms with E-state index < -0.39 is 0 Å². The molecule has 1 unspecified atom stereocenters. The van der Waals surface area contributed by atoms with Crippen LogP contribution < -0.4 is 4.74 Å². The molecule has 0 radical (unpaired) electrons. The van der Waals surface area contributed by atoms with E-state index in [9.17, 15) is 0 Å². The van der Waals surface area contributed by atoms with Crippen LogP contribution in [-0.4, -0.2) is 14.2 Å². The van der Waals surface area contributed by atoms with Crippen LogP contribution in [0.15, 0.2) is 36.9 Å². The fraction of sp³-hybridized carbons (Fsp3) is 0.333. The Morgan fingerprint density at radius 2 is 2.07 bits per heavy atom. The van der Waals surface area contributed by atoms with E-state index in [-0.39, 0.29) is 6.10 Å². The Labute approximate surface area is 85.2 Å². The van der Waals surface area contributed by atoms with E-state index in [1.807, 2.05) is 30.3 Å². The highest BCUT2D eigenvalue weighted by atomic mass is 16.5. The van der Waals surface area contributed by atoms with Crippen molar-refractivity contribution in [1.29, 1.82) is 0 Å². The fourth-order valence-electron chi connectivity index (χ4n) is 1.43. The first-order chi connectivity index (χ1) is 6.83. The second kappa shape index (κ2) is 5.45. The number of ether oxygens (including phenoxy) is 2. The molecule has 0 bridgehead atoms. The lowest BCUT2D eigenvalue weighted by molar-refractivity contribution is 0.103. The molecule has 0 aliphatic rings. The molecular formula is C12H16O2. The largest absolute Gasteiger partial charge is 0.496 e. The molecule has 1 atom stereocenters. The highest BCUT2D eigenvalue weighted by Gasteiger charge is 2.12. The zero-order valence-corrected chi connectivity index (χ0v) is 8.69. The third-order valence-corrected chi connectivity index (χ3v) is 2.15. The lowest BCUT2D eigenvalue weighted by atomic mass is 10.1. The van der Waals surface area contributed by atoms with Gasteiger partial charge in [-0.2, -0.15) is 0 Å². The summed E-state index contributed by atoms with van der Waals surface area (Å²) in [6.45, 7) is 3.71. The van der Waals surface area contributed by atoms with Crippen molar-refractivity contribution in [2.75, 3.05) is 14.2 Å². The molecule has 1 aromatic rings. The SMILES string of the molecule is C=CCC(OC)c1ccccc1OC. The average molecular weight is 192 g/mol. The van der Waals surface area contributed by atoms with Gasteiger partial charge in [-0.15, -0.1) is 6.58 Å². The Morgan fingerprint density at radius 1 is 1.36 bits per heavy atom. The van der Waals surface area contributed by atoms with Crippen molar-refractivity contribution < 1.29 is 9.47 Å². The van der Waals surface area contributed by atoms with Crippen molar-refractivity contribution in [2.45, 2.75) is 12.5 Å².